The van der Waals surface area contributed by atoms with Gasteiger partial charge in [-0.2, -0.15) is 0 Å². The van der Waals surface area contributed by atoms with Crippen LogP contribution in [0.4, 0.5) is 11.4 Å². The van der Waals surface area contributed by atoms with Gasteiger partial charge in [0.2, 0.25) is 0 Å². The van der Waals surface area contributed by atoms with Gasteiger partial charge in [-0.3, -0.25) is 4.98 Å². The first-order chi connectivity index (χ1) is 9.29. The van der Waals surface area contributed by atoms with E-state index in [-0.39, 0.29) is 13.2 Å². The standard InChI is InChI=1S/C14H17N3O2/c15-11-4-5-14(19-8-7-18)13(9-11)17-10-12-3-1-2-6-16-12/h1-6,9,17-18H,7-8,10,15H2. The maximum atomic E-state index is 8.80. The van der Waals surface area contributed by atoms with Gasteiger partial charge in [-0.05, 0) is 30.3 Å². The zero-order valence-corrected chi connectivity index (χ0v) is 10.5. The van der Waals surface area contributed by atoms with Gasteiger partial charge < -0.3 is 20.9 Å². The van der Waals surface area contributed by atoms with Crippen molar-refractivity contribution >= 4 is 11.4 Å². The number of benzene rings is 1. The summed E-state index contributed by atoms with van der Waals surface area (Å²) in [5.74, 6) is 0.666. The quantitative estimate of drug-likeness (QED) is 0.687. The number of nitrogen functional groups attached to an aromatic ring is 1. The van der Waals surface area contributed by atoms with Crippen LogP contribution in [0.5, 0.6) is 5.75 Å². The predicted molar refractivity (Wildman–Crippen MR) is 75.0 cm³/mol. The zero-order chi connectivity index (χ0) is 13.5. The summed E-state index contributed by atoms with van der Waals surface area (Å²) in [5, 5.41) is 12.0. The van der Waals surface area contributed by atoms with Crippen molar-refractivity contribution in [2.75, 3.05) is 24.3 Å². The molecule has 0 bridgehead atoms. The Balaban J connectivity index is 2.07. The summed E-state index contributed by atoms with van der Waals surface area (Å²) < 4.78 is 5.44. The highest BCUT2D eigenvalue weighted by Crippen LogP contribution is 2.27. The van der Waals surface area contributed by atoms with Crippen LogP contribution in [0.2, 0.25) is 0 Å². The number of hydrogen-bond acceptors (Lipinski definition) is 5. The van der Waals surface area contributed by atoms with Crippen molar-refractivity contribution in [3.8, 4) is 5.75 Å². The number of ether oxygens (including phenoxy) is 1. The highest BCUT2D eigenvalue weighted by Gasteiger charge is 2.04. The zero-order valence-electron chi connectivity index (χ0n) is 10.5. The molecule has 0 saturated carbocycles. The van der Waals surface area contributed by atoms with Crippen LogP contribution in [-0.4, -0.2) is 23.3 Å². The Hall–Kier alpha value is -2.27. The molecule has 5 nitrogen and oxygen atoms in total. The van der Waals surface area contributed by atoms with Crippen LogP contribution >= 0.6 is 0 Å². The Morgan fingerprint density at radius 3 is 2.89 bits per heavy atom. The number of hydrogen-bond donors (Lipinski definition) is 3. The number of nitrogens with two attached hydrogens (primary N) is 1. The molecule has 1 heterocycles. The van der Waals surface area contributed by atoms with Gasteiger partial charge in [0, 0.05) is 11.9 Å². The van der Waals surface area contributed by atoms with E-state index >= 15 is 0 Å². The van der Waals surface area contributed by atoms with E-state index in [1.165, 1.54) is 0 Å². The van der Waals surface area contributed by atoms with E-state index in [0.717, 1.165) is 11.4 Å². The molecule has 0 unspecified atom stereocenters. The van der Waals surface area contributed by atoms with Crippen molar-refractivity contribution in [2.45, 2.75) is 6.54 Å². The summed E-state index contributed by atoms with van der Waals surface area (Å²) in [6, 6.07) is 11.1. The minimum atomic E-state index is -0.0238. The summed E-state index contributed by atoms with van der Waals surface area (Å²) >= 11 is 0. The van der Waals surface area contributed by atoms with E-state index in [2.05, 4.69) is 10.3 Å². The normalized spacial score (nSPS) is 10.2. The molecule has 0 aliphatic carbocycles. The Labute approximate surface area is 112 Å². The summed E-state index contributed by atoms with van der Waals surface area (Å²) in [6.45, 7) is 0.812. The fourth-order valence-electron chi connectivity index (χ4n) is 1.66. The molecule has 5 heteroatoms. The van der Waals surface area contributed by atoms with E-state index in [4.69, 9.17) is 15.6 Å². The molecular formula is C14H17N3O2. The van der Waals surface area contributed by atoms with Crippen molar-refractivity contribution in [3.63, 3.8) is 0 Å². The van der Waals surface area contributed by atoms with Gasteiger partial charge in [0.15, 0.2) is 0 Å². The third-order valence-electron chi connectivity index (χ3n) is 2.54. The topological polar surface area (TPSA) is 80.4 Å². The summed E-state index contributed by atoms with van der Waals surface area (Å²) in [7, 11) is 0. The lowest BCUT2D eigenvalue weighted by Gasteiger charge is -2.13. The van der Waals surface area contributed by atoms with Crippen LogP contribution in [0.25, 0.3) is 0 Å². The second-order valence-electron chi connectivity index (χ2n) is 4.00. The minimum absolute atomic E-state index is 0.0238. The molecule has 0 fully saturated rings. The fraction of sp³-hybridized carbons (Fsp3) is 0.214. The fourth-order valence-corrected chi connectivity index (χ4v) is 1.66. The van der Waals surface area contributed by atoms with Crippen molar-refractivity contribution in [1.82, 2.24) is 4.98 Å². The second-order valence-corrected chi connectivity index (χ2v) is 4.00. The van der Waals surface area contributed by atoms with E-state index in [1.807, 2.05) is 18.2 Å². The highest BCUT2D eigenvalue weighted by molar-refractivity contribution is 5.63. The average molecular weight is 259 g/mol. The molecule has 4 N–H and O–H groups in total. The average Bonchev–Trinajstić information content (AvgIpc) is 2.45. The minimum Gasteiger partial charge on any atom is -0.489 e. The van der Waals surface area contributed by atoms with Crippen LogP contribution < -0.4 is 15.8 Å². The number of nitrogens with one attached hydrogen (secondary N) is 1. The largest absolute Gasteiger partial charge is 0.489 e. The van der Waals surface area contributed by atoms with Gasteiger partial charge in [-0.1, -0.05) is 6.07 Å². The molecule has 2 aromatic rings. The Morgan fingerprint density at radius 1 is 1.26 bits per heavy atom. The molecule has 0 radical (unpaired) electrons. The van der Waals surface area contributed by atoms with Gasteiger partial charge in [-0.15, -0.1) is 0 Å². The first kappa shape index (κ1) is 13.2. The third kappa shape index (κ3) is 3.86. The lowest BCUT2D eigenvalue weighted by molar-refractivity contribution is 0.202. The predicted octanol–water partition coefficient (Wildman–Crippen LogP) is 1.65. The SMILES string of the molecule is Nc1ccc(OCCO)c(NCc2ccccn2)c1. The van der Waals surface area contributed by atoms with E-state index in [9.17, 15) is 0 Å². The van der Waals surface area contributed by atoms with Crippen LogP contribution in [0.15, 0.2) is 42.6 Å². The van der Waals surface area contributed by atoms with Gasteiger partial charge in [-0.25, -0.2) is 0 Å². The number of aromatic nitrogens is 1. The van der Waals surface area contributed by atoms with E-state index in [1.54, 1.807) is 24.4 Å². The number of pyridine rings is 1. The van der Waals surface area contributed by atoms with Gasteiger partial charge in [0.05, 0.1) is 24.5 Å². The van der Waals surface area contributed by atoms with Gasteiger partial charge >= 0.3 is 0 Å². The van der Waals surface area contributed by atoms with Crippen LogP contribution in [-0.2, 0) is 6.54 Å². The maximum absolute atomic E-state index is 8.80. The van der Waals surface area contributed by atoms with Crippen molar-refractivity contribution < 1.29 is 9.84 Å². The first-order valence-electron chi connectivity index (χ1n) is 6.06. The van der Waals surface area contributed by atoms with E-state index < -0.39 is 0 Å². The monoisotopic (exact) mass is 259 g/mol. The van der Waals surface area contributed by atoms with Gasteiger partial charge in [0.1, 0.15) is 12.4 Å². The molecular weight excluding hydrogens is 242 g/mol. The number of nitrogens with zero attached hydrogens (tertiary/aromatic N) is 1. The first-order valence-corrected chi connectivity index (χ1v) is 6.06. The molecule has 0 atom stereocenters. The number of aliphatic hydroxyl groups is 1. The molecule has 0 aliphatic heterocycles. The molecule has 1 aromatic carbocycles. The van der Waals surface area contributed by atoms with Gasteiger partial charge in [0.25, 0.3) is 0 Å². The summed E-state index contributed by atoms with van der Waals surface area (Å²) in [4.78, 5) is 4.23. The molecule has 0 aliphatic rings. The lowest BCUT2D eigenvalue weighted by Crippen LogP contribution is -2.07. The maximum Gasteiger partial charge on any atom is 0.142 e. The molecule has 0 amide bonds. The van der Waals surface area contributed by atoms with E-state index in [0.29, 0.717) is 18.0 Å². The van der Waals surface area contributed by atoms with Crippen molar-refractivity contribution in [3.05, 3.63) is 48.3 Å². The molecule has 1 aromatic heterocycles. The highest BCUT2D eigenvalue weighted by atomic mass is 16.5. The van der Waals surface area contributed by atoms with Crippen LogP contribution in [0, 0.1) is 0 Å². The Morgan fingerprint density at radius 2 is 2.16 bits per heavy atom. The van der Waals surface area contributed by atoms with Crippen LogP contribution in [0.3, 0.4) is 0 Å². The summed E-state index contributed by atoms with van der Waals surface area (Å²) in [5.41, 5.74) is 8.14. The summed E-state index contributed by atoms with van der Waals surface area (Å²) in [6.07, 6.45) is 1.75. The Bertz CT molecular complexity index is 517. The lowest BCUT2D eigenvalue weighted by atomic mass is 10.2. The molecule has 19 heavy (non-hydrogen) atoms. The number of aliphatic hydroxyl groups excluding tert-OH is 1. The molecule has 2 rings (SSSR count). The number of anilines is 2. The number of rotatable bonds is 6. The smallest absolute Gasteiger partial charge is 0.142 e. The second kappa shape index (κ2) is 6.61. The van der Waals surface area contributed by atoms with Crippen molar-refractivity contribution in [2.24, 2.45) is 0 Å². The van der Waals surface area contributed by atoms with Crippen LogP contribution in [0.1, 0.15) is 5.69 Å². The third-order valence-corrected chi connectivity index (χ3v) is 2.54. The Kier molecular flexibility index (Phi) is 4.58. The molecule has 0 saturated heterocycles. The van der Waals surface area contributed by atoms with Crippen molar-refractivity contribution in [1.29, 1.82) is 0 Å². The molecule has 0 spiro atoms. The molecule has 100 valence electrons.